The molecule has 0 bridgehead atoms. The molecule has 2 aromatic rings. The van der Waals surface area contributed by atoms with E-state index in [9.17, 15) is 4.79 Å². The Morgan fingerprint density at radius 1 is 1.17 bits per heavy atom. The van der Waals surface area contributed by atoms with Crippen LogP contribution in [0.2, 0.25) is 0 Å². The van der Waals surface area contributed by atoms with E-state index in [1.54, 1.807) is 11.0 Å². The van der Waals surface area contributed by atoms with Gasteiger partial charge < -0.3 is 9.80 Å². The molecule has 1 amide bonds. The maximum atomic E-state index is 12.7. The summed E-state index contributed by atoms with van der Waals surface area (Å²) in [7, 11) is 1.81. The third-order valence-electron chi connectivity index (χ3n) is 4.06. The predicted molar refractivity (Wildman–Crippen MR) is 90.5 cm³/mol. The summed E-state index contributed by atoms with van der Waals surface area (Å²) < 4.78 is 0. The highest BCUT2D eigenvalue weighted by molar-refractivity contribution is 5.92. The molecule has 1 aromatic heterocycles. The third kappa shape index (κ3) is 3.67. The Labute approximate surface area is 137 Å². The minimum atomic E-state index is -0.0696. The number of anilines is 1. The van der Waals surface area contributed by atoms with E-state index in [0.29, 0.717) is 18.2 Å². The molecule has 0 aliphatic carbocycles. The molecule has 5 heteroatoms. The third-order valence-corrected chi connectivity index (χ3v) is 4.06. The normalized spacial score (nSPS) is 14.1. The zero-order chi connectivity index (χ0) is 16.2. The van der Waals surface area contributed by atoms with Gasteiger partial charge in [-0.2, -0.15) is 0 Å². The van der Waals surface area contributed by atoms with Crippen molar-refractivity contribution in [1.82, 2.24) is 14.9 Å². The van der Waals surface area contributed by atoms with Crippen LogP contribution in [-0.2, 0) is 6.54 Å². The Morgan fingerprint density at radius 2 is 1.87 bits per heavy atom. The topological polar surface area (TPSA) is 49.3 Å². The van der Waals surface area contributed by atoms with Gasteiger partial charge in [-0.05, 0) is 31.4 Å². The van der Waals surface area contributed by atoms with Gasteiger partial charge in [0.05, 0.1) is 0 Å². The number of carbonyl (C=O) groups is 1. The van der Waals surface area contributed by atoms with Gasteiger partial charge in [0, 0.05) is 32.4 Å². The first-order chi connectivity index (χ1) is 11.1. The minimum Gasteiger partial charge on any atom is -0.341 e. The van der Waals surface area contributed by atoms with Crippen molar-refractivity contribution in [2.45, 2.75) is 26.3 Å². The van der Waals surface area contributed by atoms with Crippen molar-refractivity contribution in [1.29, 1.82) is 0 Å². The Balaban J connectivity index is 1.78. The van der Waals surface area contributed by atoms with E-state index in [0.717, 1.165) is 37.2 Å². The maximum absolute atomic E-state index is 12.7. The SMILES string of the molecule is Cc1cc(C(=O)N(C)Cc2ccccc2)nc(N2CCCC2)n1. The summed E-state index contributed by atoms with van der Waals surface area (Å²) in [5, 5.41) is 0. The summed E-state index contributed by atoms with van der Waals surface area (Å²) >= 11 is 0. The molecule has 1 aliphatic heterocycles. The second kappa shape index (κ2) is 6.77. The quantitative estimate of drug-likeness (QED) is 0.871. The standard InChI is InChI=1S/C18H22N4O/c1-14-12-16(20-18(19-14)22-10-6-7-11-22)17(23)21(2)13-15-8-4-3-5-9-15/h3-5,8-9,12H,6-7,10-11,13H2,1-2H3. The number of hydrogen-bond acceptors (Lipinski definition) is 4. The predicted octanol–water partition coefficient (Wildman–Crippen LogP) is 2.66. The van der Waals surface area contributed by atoms with Crippen LogP contribution in [0, 0.1) is 6.92 Å². The van der Waals surface area contributed by atoms with Crippen LogP contribution < -0.4 is 4.90 Å². The van der Waals surface area contributed by atoms with Gasteiger partial charge in [-0.1, -0.05) is 30.3 Å². The van der Waals surface area contributed by atoms with E-state index in [2.05, 4.69) is 14.9 Å². The average Bonchev–Trinajstić information content (AvgIpc) is 3.09. The molecule has 120 valence electrons. The number of nitrogens with zero attached hydrogens (tertiary/aromatic N) is 4. The number of aryl methyl sites for hydroxylation is 1. The molecule has 1 saturated heterocycles. The summed E-state index contributed by atoms with van der Waals surface area (Å²) in [6.07, 6.45) is 2.32. The average molecular weight is 310 g/mol. The fraction of sp³-hybridized carbons (Fsp3) is 0.389. The van der Waals surface area contributed by atoms with Crippen LogP contribution in [-0.4, -0.2) is 40.9 Å². The van der Waals surface area contributed by atoms with Gasteiger partial charge in [0.1, 0.15) is 5.69 Å². The Kier molecular flexibility index (Phi) is 4.55. The number of benzene rings is 1. The van der Waals surface area contributed by atoms with Crippen molar-refractivity contribution in [3.05, 3.63) is 53.3 Å². The molecule has 0 atom stereocenters. The molecule has 1 fully saturated rings. The first-order valence-electron chi connectivity index (χ1n) is 8.03. The largest absolute Gasteiger partial charge is 0.341 e. The van der Waals surface area contributed by atoms with E-state index in [4.69, 9.17) is 0 Å². The van der Waals surface area contributed by atoms with Crippen LogP contribution in [0.3, 0.4) is 0 Å². The summed E-state index contributed by atoms with van der Waals surface area (Å²) in [5.41, 5.74) is 2.41. The van der Waals surface area contributed by atoms with Crippen LogP contribution in [0.4, 0.5) is 5.95 Å². The first kappa shape index (κ1) is 15.5. The van der Waals surface area contributed by atoms with Crippen molar-refractivity contribution in [3.8, 4) is 0 Å². The van der Waals surface area contributed by atoms with Crippen molar-refractivity contribution >= 4 is 11.9 Å². The molecular formula is C18H22N4O. The van der Waals surface area contributed by atoms with Crippen LogP contribution in [0.15, 0.2) is 36.4 Å². The minimum absolute atomic E-state index is 0.0696. The molecule has 0 N–H and O–H groups in total. The van der Waals surface area contributed by atoms with E-state index in [1.807, 2.05) is 44.3 Å². The summed E-state index contributed by atoms with van der Waals surface area (Å²) in [6, 6.07) is 11.7. The Hall–Kier alpha value is -2.43. The summed E-state index contributed by atoms with van der Waals surface area (Å²) in [4.78, 5) is 25.5. The van der Waals surface area contributed by atoms with E-state index >= 15 is 0 Å². The zero-order valence-electron chi connectivity index (χ0n) is 13.7. The monoisotopic (exact) mass is 310 g/mol. The molecule has 0 spiro atoms. The second-order valence-corrected chi connectivity index (χ2v) is 6.04. The van der Waals surface area contributed by atoms with Gasteiger partial charge in [0.25, 0.3) is 5.91 Å². The first-order valence-corrected chi connectivity index (χ1v) is 8.03. The van der Waals surface area contributed by atoms with Gasteiger partial charge in [-0.25, -0.2) is 9.97 Å². The number of amides is 1. The number of hydrogen-bond donors (Lipinski definition) is 0. The van der Waals surface area contributed by atoms with Crippen molar-refractivity contribution in [2.24, 2.45) is 0 Å². The van der Waals surface area contributed by atoms with Gasteiger partial charge in [-0.15, -0.1) is 0 Å². The van der Waals surface area contributed by atoms with Gasteiger partial charge >= 0.3 is 0 Å². The molecule has 1 aliphatic rings. The number of carbonyl (C=O) groups excluding carboxylic acids is 1. The summed E-state index contributed by atoms with van der Waals surface area (Å²) in [6.45, 7) is 4.42. The zero-order valence-corrected chi connectivity index (χ0v) is 13.7. The van der Waals surface area contributed by atoms with Crippen molar-refractivity contribution in [2.75, 3.05) is 25.0 Å². The highest BCUT2D eigenvalue weighted by Crippen LogP contribution is 2.17. The smallest absolute Gasteiger partial charge is 0.272 e. The van der Waals surface area contributed by atoms with E-state index < -0.39 is 0 Å². The molecule has 0 unspecified atom stereocenters. The number of aromatic nitrogens is 2. The molecular weight excluding hydrogens is 288 g/mol. The van der Waals surface area contributed by atoms with Gasteiger partial charge in [0.15, 0.2) is 0 Å². The van der Waals surface area contributed by atoms with E-state index in [-0.39, 0.29) is 5.91 Å². The highest BCUT2D eigenvalue weighted by Gasteiger charge is 2.20. The highest BCUT2D eigenvalue weighted by atomic mass is 16.2. The lowest BCUT2D eigenvalue weighted by atomic mass is 10.2. The summed E-state index contributed by atoms with van der Waals surface area (Å²) in [5.74, 6) is 0.610. The Morgan fingerprint density at radius 3 is 2.57 bits per heavy atom. The van der Waals surface area contributed by atoms with Crippen LogP contribution in [0.25, 0.3) is 0 Å². The van der Waals surface area contributed by atoms with Crippen molar-refractivity contribution in [3.63, 3.8) is 0 Å². The molecule has 23 heavy (non-hydrogen) atoms. The maximum Gasteiger partial charge on any atom is 0.272 e. The molecule has 0 radical (unpaired) electrons. The fourth-order valence-electron chi connectivity index (χ4n) is 2.85. The van der Waals surface area contributed by atoms with Crippen molar-refractivity contribution < 1.29 is 4.79 Å². The van der Waals surface area contributed by atoms with Gasteiger partial charge in [0.2, 0.25) is 5.95 Å². The fourth-order valence-corrected chi connectivity index (χ4v) is 2.85. The molecule has 2 heterocycles. The molecule has 1 aromatic carbocycles. The molecule has 5 nitrogen and oxygen atoms in total. The lowest BCUT2D eigenvalue weighted by Crippen LogP contribution is -2.28. The number of rotatable bonds is 4. The lowest BCUT2D eigenvalue weighted by Gasteiger charge is -2.19. The molecule has 3 rings (SSSR count). The molecule has 0 saturated carbocycles. The Bertz CT molecular complexity index is 681. The van der Waals surface area contributed by atoms with Crippen LogP contribution in [0.5, 0.6) is 0 Å². The van der Waals surface area contributed by atoms with Crippen LogP contribution in [0.1, 0.15) is 34.6 Å². The second-order valence-electron chi connectivity index (χ2n) is 6.04. The van der Waals surface area contributed by atoms with Gasteiger partial charge in [-0.3, -0.25) is 4.79 Å². The van der Waals surface area contributed by atoms with Crippen LogP contribution >= 0.6 is 0 Å². The lowest BCUT2D eigenvalue weighted by molar-refractivity contribution is 0.0779. The van der Waals surface area contributed by atoms with E-state index in [1.165, 1.54) is 0 Å².